The molecule has 2 unspecified atom stereocenters. The number of hydrogen-bond acceptors (Lipinski definition) is 1. The summed E-state index contributed by atoms with van der Waals surface area (Å²) in [6.45, 7) is 3.50. The van der Waals surface area contributed by atoms with Crippen LogP contribution in [0.15, 0.2) is 12.3 Å². The molecule has 1 fully saturated rings. The van der Waals surface area contributed by atoms with Crippen LogP contribution in [0.1, 0.15) is 55.1 Å². The Morgan fingerprint density at radius 2 is 2.18 bits per heavy atom. The summed E-state index contributed by atoms with van der Waals surface area (Å²) in [6, 6.07) is 2.04. The standard InChI is InChI=1S/C15H21NO/c1-11-4-2-5-12(11)10-16-9-8-13-14(16)6-3-7-15(13)17/h8-9,11-12H,2-7,10H2,1H3. The highest BCUT2D eigenvalue weighted by Gasteiger charge is 2.26. The van der Waals surface area contributed by atoms with E-state index in [4.69, 9.17) is 0 Å². The molecule has 0 aromatic carbocycles. The number of rotatable bonds is 2. The lowest BCUT2D eigenvalue weighted by Crippen LogP contribution is -2.17. The molecule has 2 heteroatoms. The summed E-state index contributed by atoms with van der Waals surface area (Å²) in [5, 5.41) is 0. The molecule has 92 valence electrons. The third-order valence-electron chi connectivity index (χ3n) is 4.67. The van der Waals surface area contributed by atoms with Gasteiger partial charge in [-0.3, -0.25) is 4.79 Å². The molecule has 1 aromatic heterocycles. The molecule has 0 saturated heterocycles. The van der Waals surface area contributed by atoms with E-state index in [1.54, 1.807) is 0 Å². The molecule has 3 rings (SSSR count). The van der Waals surface area contributed by atoms with Gasteiger partial charge in [-0.1, -0.05) is 19.8 Å². The van der Waals surface area contributed by atoms with Crippen LogP contribution in [0.5, 0.6) is 0 Å². The van der Waals surface area contributed by atoms with E-state index in [1.807, 2.05) is 6.07 Å². The van der Waals surface area contributed by atoms with E-state index in [1.165, 1.54) is 25.0 Å². The van der Waals surface area contributed by atoms with Crippen molar-refractivity contribution in [2.45, 2.75) is 52.0 Å². The summed E-state index contributed by atoms with van der Waals surface area (Å²) in [5.41, 5.74) is 2.31. The number of fused-ring (bicyclic) bond motifs is 1. The molecule has 0 radical (unpaired) electrons. The van der Waals surface area contributed by atoms with Gasteiger partial charge in [0.2, 0.25) is 0 Å². The Bertz CT molecular complexity index is 432. The lowest BCUT2D eigenvalue weighted by atomic mass is 9.95. The number of Topliss-reactive ketones (excluding diaryl/α,β-unsaturated/α-hetero) is 1. The Hall–Kier alpha value is -1.05. The van der Waals surface area contributed by atoms with Crippen molar-refractivity contribution in [1.29, 1.82) is 0 Å². The lowest BCUT2D eigenvalue weighted by molar-refractivity contribution is 0.0971. The molecule has 1 saturated carbocycles. The maximum atomic E-state index is 11.8. The van der Waals surface area contributed by atoms with Gasteiger partial charge in [0.1, 0.15) is 0 Å². The van der Waals surface area contributed by atoms with E-state index in [-0.39, 0.29) is 0 Å². The Morgan fingerprint density at radius 3 is 2.94 bits per heavy atom. The topological polar surface area (TPSA) is 22.0 Å². The normalized spacial score (nSPS) is 28.4. The molecule has 0 N–H and O–H groups in total. The quantitative estimate of drug-likeness (QED) is 0.764. The zero-order valence-corrected chi connectivity index (χ0v) is 10.6. The number of carbonyl (C=O) groups is 1. The van der Waals surface area contributed by atoms with Gasteiger partial charge in [-0.25, -0.2) is 0 Å². The van der Waals surface area contributed by atoms with Crippen molar-refractivity contribution in [3.05, 3.63) is 23.5 Å². The van der Waals surface area contributed by atoms with Crippen molar-refractivity contribution in [1.82, 2.24) is 4.57 Å². The van der Waals surface area contributed by atoms with E-state index >= 15 is 0 Å². The zero-order chi connectivity index (χ0) is 11.8. The molecule has 0 aliphatic heterocycles. The predicted molar refractivity (Wildman–Crippen MR) is 68.2 cm³/mol. The third kappa shape index (κ3) is 1.94. The maximum Gasteiger partial charge on any atom is 0.164 e. The van der Waals surface area contributed by atoms with Crippen LogP contribution < -0.4 is 0 Å². The Labute approximate surface area is 103 Å². The van der Waals surface area contributed by atoms with Gasteiger partial charge in [-0.2, -0.15) is 0 Å². The highest BCUT2D eigenvalue weighted by Crippen LogP contribution is 2.33. The molecule has 2 aliphatic rings. The summed E-state index contributed by atoms with van der Waals surface area (Å²) < 4.78 is 2.36. The van der Waals surface area contributed by atoms with Gasteiger partial charge in [0.05, 0.1) is 0 Å². The Morgan fingerprint density at radius 1 is 1.29 bits per heavy atom. The number of hydrogen-bond donors (Lipinski definition) is 0. The molecule has 1 aromatic rings. The first-order valence-corrected chi connectivity index (χ1v) is 6.97. The van der Waals surface area contributed by atoms with Crippen LogP contribution in [-0.4, -0.2) is 10.4 Å². The minimum Gasteiger partial charge on any atom is -0.350 e. The summed E-state index contributed by atoms with van der Waals surface area (Å²) in [4.78, 5) is 11.8. The summed E-state index contributed by atoms with van der Waals surface area (Å²) in [5.74, 6) is 2.03. The molecule has 0 bridgehead atoms. The monoisotopic (exact) mass is 231 g/mol. The van der Waals surface area contributed by atoms with Crippen LogP contribution >= 0.6 is 0 Å². The van der Waals surface area contributed by atoms with Gasteiger partial charge in [0.25, 0.3) is 0 Å². The van der Waals surface area contributed by atoms with Crippen molar-refractivity contribution in [2.75, 3.05) is 0 Å². The molecule has 1 heterocycles. The fourth-order valence-electron chi connectivity index (χ4n) is 3.51. The van der Waals surface area contributed by atoms with Crippen LogP contribution in [0.2, 0.25) is 0 Å². The molecule has 2 atom stereocenters. The van der Waals surface area contributed by atoms with Crippen LogP contribution in [0.3, 0.4) is 0 Å². The smallest absolute Gasteiger partial charge is 0.164 e. The van der Waals surface area contributed by atoms with Crippen molar-refractivity contribution in [3.8, 4) is 0 Å². The van der Waals surface area contributed by atoms with E-state index in [9.17, 15) is 4.79 Å². The van der Waals surface area contributed by atoms with Gasteiger partial charge >= 0.3 is 0 Å². The second-order valence-electron chi connectivity index (χ2n) is 5.77. The fourth-order valence-corrected chi connectivity index (χ4v) is 3.51. The molecule has 17 heavy (non-hydrogen) atoms. The Kier molecular flexibility index (Phi) is 2.81. The number of nitrogens with zero attached hydrogens (tertiary/aromatic N) is 1. The maximum absolute atomic E-state index is 11.8. The van der Waals surface area contributed by atoms with Crippen LogP contribution in [-0.2, 0) is 13.0 Å². The average Bonchev–Trinajstić information content (AvgIpc) is 2.89. The molecule has 2 aliphatic carbocycles. The number of carbonyl (C=O) groups excluding carboxylic acids is 1. The zero-order valence-electron chi connectivity index (χ0n) is 10.6. The third-order valence-corrected chi connectivity index (χ3v) is 4.67. The highest BCUT2D eigenvalue weighted by molar-refractivity contribution is 5.98. The van der Waals surface area contributed by atoms with Crippen LogP contribution in [0.4, 0.5) is 0 Å². The van der Waals surface area contributed by atoms with Crippen molar-refractivity contribution in [2.24, 2.45) is 11.8 Å². The van der Waals surface area contributed by atoms with Crippen molar-refractivity contribution in [3.63, 3.8) is 0 Å². The van der Waals surface area contributed by atoms with Crippen molar-refractivity contribution >= 4 is 5.78 Å². The van der Waals surface area contributed by atoms with Crippen LogP contribution in [0, 0.1) is 11.8 Å². The van der Waals surface area contributed by atoms with Gasteiger partial charge in [-0.05, 0) is 37.2 Å². The number of aromatic nitrogens is 1. The largest absolute Gasteiger partial charge is 0.350 e. The molecule has 0 amide bonds. The second-order valence-corrected chi connectivity index (χ2v) is 5.77. The van der Waals surface area contributed by atoms with E-state index in [2.05, 4.69) is 17.7 Å². The SMILES string of the molecule is CC1CCCC1Cn1ccc2c1CCCC2=O. The summed E-state index contributed by atoms with van der Waals surface area (Å²) >= 11 is 0. The minimum absolute atomic E-state index is 0.351. The predicted octanol–water partition coefficient (Wildman–Crippen LogP) is 3.44. The Balaban J connectivity index is 1.82. The van der Waals surface area contributed by atoms with E-state index < -0.39 is 0 Å². The first-order chi connectivity index (χ1) is 8.25. The minimum atomic E-state index is 0.351. The van der Waals surface area contributed by atoms with E-state index in [0.717, 1.165) is 43.2 Å². The highest BCUT2D eigenvalue weighted by atomic mass is 16.1. The van der Waals surface area contributed by atoms with Crippen LogP contribution in [0.25, 0.3) is 0 Å². The molecular weight excluding hydrogens is 210 g/mol. The summed E-state index contributed by atoms with van der Waals surface area (Å²) in [7, 11) is 0. The molecule has 2 nitrogen and oxygen atoms in total. The second kappa shape index (κ2) is 4.32. The molecular formula is C15H21NO. The van der Waals surface area contributed by atoms with Gasteiger partial charge in [0.15, 0.2) is 5.78 Å². The fraction of sp³-hybridized carbons (Fsp3) is 0.667. The first-order valence-electron chi connectivity index (χ1n) is 6.97. The van der Waals surface area contributed by atoms with Gasteiger partial charge in [0, 0.05) is 30.4 Å². The molecule has 0 spiro atoms. The lowest BCUT2D eigenvalue weighted by Gasteiger charge is -2.20. The van der Waals surface area contributed by atoms with E-state index in [0.29, 0.717) is 5.78 Å². The van der Waals surface area contributed by atoms with Crippen molar-refractivity contribution < 1.29 is 4.79 Å². The first kappa shape index (κ1) is 11.1. The number of ketones is 1. The summed E-state index contributed by atoms with van der Waals surface area (Å²) in [6.07, 6.45) is 9.14. The average molecular weight is 231 g/mol. The van der Waals surface area contributed by atoms with Gasteiger partial charge < -0.3 is 4.57 Å². The van der Waals surface area contributed by atoms with Gasteiger partial charge in [-0.15, -0.1) is 0 Å².